The summed E-state index contributed by atoms with van der Waals surface area (Å²) in [6, 6.07) is 9.23. The number of halogens is 4. The monoisotopic (exact) mass is 547 g/mol. The van der Waals surface area contributed by atoms with E-state index in [-0.39, 0.29) is 40.4 Å². The van der Waals surface area contributed by atoms with Crippen LogP contribution in [0.5, 0.6) is 5.75 Å². The second-order valence-electron chi connectivity index (χ2n) is 7.95. The van der Waals surface area contributed by atoms with Gasteiger partial charge in [-0.2, -0.15) is 13.2 Å². The second kappa shape index (κ2) is 13.4. The largest absolute Gasteiger partial charge is 0.493 e. The third kappa shape index (κ3) is 8.72. The average Bonchev–Trinajstić information content (AvgIpc) is 3.33. The molecule has 36 heavy (non-hydrogen) atoms. The van der Waals surface area contributed by atoms with Crippen molar-refractivity contribution in [1.29, 1.82) is 0 Å². The van der Waals surface area contributed by atoms with Crippen LogP contribution in [0.2, 0.25) is 0 Å². The van der Waals surface area contributed by atoms with Gasteiger partial charge in [-0.1, -0.05) is 36.3 Å². The molecular weight excluding hydrogens is 521 g/mol. The van der Waals surface area contributed by atoms with E-state index in [0.29, 0.717) is 6.42 Å². The third-order valence-corrected chi connectivity index (χ3v) is 6.67. The number of hydrogen-bond acceptors (Lipinski definition) is 8. The molecule has 1 aromatic heterocycles. The van der Waals surface area contributed by atoms with Crippen LogP contribution in [0, 0.1) is 5.82 Å². The highest BCUT2D eigenvalue weighted by Crippen LogP contribution is 2.39. The molecule has 0 amide bonds. The molecule has 1 heterocycles. The molecule has 0 saturated carbocycles. The fourth-order valence-corrected chi connectivity index (χ4v) is 4.47. The van der Waals surface area contributed by atoms with Crippen LogP contribution in [0.4, 0.5) is 17.6 Å². The van der Waals surface area contributed by atoms with Crippen LogP contribution < -0.4 is 10.5 Å². The van der Waals surface area contributed by atoms with E-state index in [2.05, 4.69) is 14.7 Å². The van der Waals surface area contributed by atoms with Crippen LogP contribution in [0.1, 0.15) is 47.9 Å². The van der Waals surface area contributed by atoms with Gasteiger partial charge in [-0.3, -0.25) is 0 Å². The summed E-state index contributed by atoms with van der Waals surface area (Å²) in [6.07, 6.45) is -0.626. The number of rotatable bonds is 13. The van der Waals surface area contributed by atoms with Gasteiger partial charge >= 0.3 is 14.8 Å². The van der Waals surface area contributed by atoms with Crippen LogP contribution >= 0.6 is 19.9 Å². The van der Waals surface area contributed by atoms with E-state index >= 15 is 0 Å². The number of hydrogen-bond donors (Lipinski definition) is 3. The minimum Gasteiger partial charge on any atom is -0.493 e. The molecule has 0 radical (unpaired) electrons. The SMILES string of the molecule is NC(COP(O)O)c1nnc(-c2ccc(OCCCCCCc3ccc(F)cc3)c(C(F)(F)F)c2)s1. The highest BCUT2D eigenvalue weighted by Gasteiger charge is 2.35. The Morgan fingerprint density at radius 3 is 2.42 bits per heavy atom. The Morgan fingerprint density at radius 2 is 1.72 bits per heavy atom. The number of alkyl halides is 3. The summed E-state index contributed by atoms with van der Waals surface area (Å²) in [5.74, 6) is -0.530. The number of aryl methyl sites for hydroxylation is 1. The van der Waals surface area contributed by atoms with E-state index in [4.69, 9.17) is 20.3 Å². The van der Waals surface area contributed by atoms with Gasteiger partial charge in [0.2, 0.25) is 0 Å². The summed E-state index contributed by atoms with van der Waals surface area (Å²) in [5, 5.41) is 8.29. The minimum absolute atomic E-state index is 0.148. The molecule has 0 aliphatic carbocycles. The Balaban J connectivity index is 1.53. The second-order valence-corrected chi connectivity index (χ2v) is 9.72. The lowest BCUT2D eigenvalue weighted by molar-refractivity contribution is -0.138. The van der Waals surface area contributed by atoms with Gasteiger partial charge in [0.15, 0.2) is 0 Å². The molecule has 0 spiro atoms. The van der Waals surface area contributed by atoms with E-state index < -0.39 is 26.4 Å². The summed E-state index contributed by atoms with van der Waals surface area (Å²) < 4.78 is 64.1. The van der Waals surface area contributed by atoms with Gasteiger partial charge in [0.05, 0.1) is 24.8 Å². The van der Waals surface area contributed by atoms with Gasteiger partial charge < -0.3 is 24.8 Å². The van der Waals surface area contributed by atoms with Crippen molar-refractivity contribution in [3.63, 3.8) is 0 Å². The number of nitrogens with two attached hydrogens (primary N) is 1. The van der Waals surface area contributed by atoms with Crippen molar-refractivity contribution in [2.75, 3.05) is 13.2 Å². The molecule has 4 N–H and O–H groups in total. The molecule has 13 heteroatoms. The zero-order chi connectivity index (χ0) is 26.1. The first-order chi connectivity index (χ1) is 17.1. The highest BCUT2D eigenvalue weighted by atomic mass is 32.1. The molecule has 0 bridgehead atoms. The van der Waals surface area contributed by atoms with Crippen molar-refractivity contribution < 1.29 is 36.6 Å². The molecule has 196 valence electrons. The number of ether oxygens (including phenoxy) is 1. The van der Waals surface area contributed by atoms with Crippen LogP contribution in [-0.2, 0) is 17.1 Å². The molecule has 1 atom stereocenters. The first kappa shape index (κ1) is 28.4. The molecular formula is C23H26F4N3O4PS. The zero-order valence-corrected chi connectivity index (χ0v) is 20.8. The van der Waals surface area contributed by atoms with Crippen molar-refractivity contribution >= 4 is 19.9 Å². The predicted molar refractivity (Wildman–Crippen MR) is 129 cm³/mol. The third-order valence-electron chi connectivity index (χ3n) is 5.19. The van der Waals surface area contributed by atoms with Crippen molar-refractivity contribution in [3.8, 4) is 16.3 Å². The van der Waals surface area contributed by atoms with Gasteiger partial charge in [-0.05, 0) is 55.2 Å². The zero-order valence-electron chi connectivity index (χ0n) is 19.1. The molecule has 3 aromatic rings. The first-order valence-electron chi connectivity index (χ1n) is 11.1. The molecule has 0 aliphatic heterocycles. The van der Waals surface area contributed by atoms with Gasteiger partial charge in [0.1, 0.15) is 21.6 Å². The van der Waals surface area contributed by atoms with Gasteiger partial charge in [0.25, 0.3) is 0 Å². The van der Waals surface area contributed by atoms with E-state index in [1.807, 2.05) is 0 Å². The van der Waals surface area contributed by atoms with Crippen molar-refractivity contribution in [2.24, 2.45) is 5.73 Å². The molecule has 3 rings (SSSR count). The lowest BCUT2D eigenvalue weighted by atomic mass is 10.1. The fourth-order valence-electron chi connectivity index (χ4n) is 3.35. The summed E-state index contributed by atoms with van der Waals surface area (Å²) in [4.78, 5) is 17.6. The summed E-state index contributed by atoms with van der Waals surface area (Å²) in [7, 11) is -2.58. The van der Waals surface area contributed by atoms with Crippen molar-refractivity contribution in [2.45, 2.75) is 44.3 Å². The average molecular weight is 548 g/mol. The Labute approximate surface area is 210 Å². The Morgan fingerprint density at radius 1 is 1.00 bits per heavy atom. The maximum absolute atomic E-state index is 13.7. The number of aromatic nitrogens is 2. The van der Waals surface area contributed by atoms with E-state index in [1.54, 1.807) is 12.1 Å². The maximum Gasteiger partial charge on any atom is 0.419 e. The first-order valence-corrected chi connectivity index (χ1v) is 13.1. The summed E-state index contributed by atoms with van der Waals surface area (Å²) in [5.41, 5.74) is 6.19. The Bertz CT molecular complexity index is 1100. The number of benzene rings is 2. The highest BCUT2D eigenvalue weighted by molar-refractivity contribution is 7.39. The van der Waals surface area contributed by atoms with Crippen molar-refractivity contribution in [3.05, 3.63) is 64.4 Å². The molecule has 2 aromatic carbocycles. The lowest BCUT2D eigenvalue weighted by Gasteiger charge is -2.15. The summed E-state index contributed by atoms with van der Waals surface area (Å²) >= 11 is 0.989. The smallest absolute Gasteiger partial charge is 0.419 e. The molecule has 0 fully saturated rings. The van der Waals surface area contributed by atoms with E-state index in [9.17, 15) is 17.6 Å². The van der Waals surface area contributed by atoms with Crippen molar-refractivity contribution in [1.82, 2.24) is 10.2 Å². The number of unbranched alkanes of at least 4 members (excludes halogenated alkanes) is 3. The van der Waals surface area contributed by atoms with E-state index in [1.165, 1.54) is 24.3 Å². The van der Waals surface area contributed by atoms with Crippen LogP contribution in [0.15, 0.2) is 42.5 Å². The molecule has 0 saturated heterocycles. The topological polar surface area (TPSA) is 111 Å². The lowest BCUT2D eigenvalue weighted by Crippen LogP contribution is -2.15. The van der Waals surface area contributed by atoms with Crippen LogP contribution in [-0.4, -0.2) is 33.2 Å². The van der Waals surface area contributed by atoms with Gasteiger partial charge in [-0.25, -0.2) is 4.39 Å². The standard InChI is InChI=1S/C23H26F4N3O4PS/c24-17-9-6-15(7-10-17)5-3-1-2-4-12-33-20-11-8-16(13-18(20)23(25,26)27)21-29-30-22(36-21)19(28)14-34-35(31)32/h6-11,13,19,31-32H,1-5,12,14,28H2. The molecule has 7 nitrogen and oxygen atoms in total. The number of nitrogens with zero attached hydrogens (tertiary/aromatic N) is 2. The van der Waals surface area contributed by atoms with Gasteiger partial charge in [0, 0.05) is 5.56 Å². The predicted octanol–water partition coefficient (Wildman–Crippen LogP) is 5.77. The minimum atomic E-state index is -4.63. The van der Waals surface area contributed by atoms with Gasteiger partial charge in [-0.15, -0.1) is 10.2 Å². The molecule has 0 aliphatic rings. The van der Waals surface area contributed by atoms with E-state index in [0.717, 1.165) is 48.6 Å². The quantitative estimate of drug-likeness (QED) is 0.142. The normalized spacial score (nSPS) is 12.8. The maximum atomic E-state index is 13.7. The van der Waals surface area contributed by atoms with Crippen LogP contribution in [0.3, 0.4) is 0 Å². The summed E-state index contributed by atoms with van der Waals surface area (Å²) in [6.45, 7) is -0.0742. The Hall–Kier alpha value is -2.21. The Kier molecular flexibility index (Phi) is 10.5. The molecule has 1 unspecified atom stereocenters. The van der Waals surface area contributed by atoms with Crippen LogP contribution in [0.25, 0.3) is 10.6 Å². The fraction of sp³-hybridized carbons (Fsp3) is 0.391.